The van der Waals surface area contributed by atoms with Crippen molar-refractivity contribution in [3.63, 3.8) is 0 Å². The minimum atomic E-state index is 0.308. The van der Waals surface area contributed by atoms with Crippen LogP contribution in [-0.4, -0.2) is 23.5 Å². The summed E-state index contributed by atoms with van der Waals surface area (Å²) in [7, 11) is 0. The van der Waals surface area contributed by atoms with E-state index in [0.29, 0.717) is 24.7 Å². The van der Waals surface area contributed by atoms with E-state index >= 15 is 0 Å². The van der Waals surface area contributed by atoms with Crippen LogP contribution >= 0.6 is 0 Å². The maximum absolute atomic E-state index is 5.77. The average molecular weight is 291 g/mol. The van der Waals surface area contributed by atoms with Crippen LogP contribution in [0.4, 0.5) is 0 Å². The van der Waals surface area contributed by atoms with E-state index in [1.165, 1.54) is 0 Å². The summed E-state index contributed by atoms with van der Waals surface area (Å²) in [6.07, 6.45) is 0. The zero-order valence-corrected chi connectivity index (χ0v) is 12.7. The molecule has 0 spiro atoms. The molecule has 0 bridgehead atoms. The topological polar surface area (TPSA) is 69.4 Å². The monoisotopic (exact) mass is 291 g/mol. The molecular formula is C15H21N3O3. The van der Waals surface area contributed by atoms with Gasteiger partial charge in [-0.15, -0.1) is 0 Å². The van der Waals surface area contributed by atoms with Gasteiger partial charge in [0.2, 0.25) is 0 Å². The number of ether oxygens (including phenoxy) is 2. The number of aryl methyl sites for hydroxylation is 1. The molecule has 21 heavy (non-hydrogen) atoms. The van der Waals surface area contributed by atoms with E-state index in [1.54, 1.807) is 0 Å². The van der Waals surface area contributed by atoms with Crippen molar-refractivity contribution < 1.29 is 14.1 Å². The second-order valence-electron chi connectivity index (χ2n) is 4.58. The van der Waals surface area contributed by atoms with Crippen LogP contribution in [0.25, 0.3) is 0 Å². The molecule has 6 heteroatoms. The molecule has 0 fully saturated rings. The quantitative estimate of drug-likeness (QED) is 0.805. The highest BCUT2D eigenvalue weighted by atomic mass is 16.6. The number of hydrogen-bond acceptors (Lipinski definition) is 6. The maximum Gasteiger partial charge on any atom is 0.161 e. The fourth-order valence-corrected chi connectivity index (χ4v) is 1.85. The molecule has 0 aliphatic carbocycles. The lowest BCUT2D eigenvalue weighted by molar-refractivity contribution is 0.252. The minimum absolute atomic E-state index is 0.308. The molecule has 2 aromatic rings. The number of nitrogens with one attached hydrogen (secondary N) is 1. The summed E-state index contributed by atoms with van der Waals surface area (Å²) in [6, 6.07) is 5.93. The van der Waals surface area contributed by atoms with Gasteiger partial charge < -0.3 is 14.8 Å². The van der Waals surface area contributed by atoms with E-state index in [9.17, 15) is 0 Å². The lowest BCUT2D eigenvalue weighted by Crippen LogP contribution is -2.12. The van der Waals surface area contributed by atoms with Crippen molar-refractivity contribution in [2.24, 2.45) is 0 Å². The maximum atomic E-state index is 5.77. The summed E-state index contributed by atoms with van der Waals surface area (Å²) >= 11 is 0. The Morgan fingerprint density at radius 1 is 1.14 bits per heavy atom. The SMILES string of the molecule is CCNCc1ccc(OCc2nonc2C)c(OCC)c1. The number of hydrogen-bond donors (Lipinski definition) is 1. The van der Waals surface area contributed by atoms with E-state index in [4.69, 9.17) is 9.47 Å². The van der Waals surface area contributed by atoms with Gasteiger partial charge in [0.15, 0.2) is 11.5 Å². The van der Waals surface area contributed by atoms with Crippen molar-refractivity contribution >= 4 is 0 Å². The van der Waals surface area contributed by atoms with Crippen LogP contribution in [0.3, 0.4) is 0 Å². The van der Waals surface area contributed by atoms with E-state index < -0.39 is 0 Å². The third-order valence-corrected chi connectivity index (χ3v) is 3.00. The van der Waals surface area contributed by atoms with Gasteiger partial charge in [0, 0.05) is 6.54 Å². The van der Waals surface area contributed by atoms with Crippen molar-refractivity contribution in [2.75, 3.05) is 13.2 Å². The van der Waals surface area contributed by atoms with Gasteiger partial charge >= 0.3 is 0 Å². The molecule has 1 aromatic carbocycles. The van der Waals surface area contributed by atoms with Gasteiger partial charge in [-0.3, -0.25) is 0 Å². The van der Waals surface area contributed by atoms with Crippen LogP contribution in [0.5, 0.6) is 11.5 Å². The van der Waals surface area contributed by atoms with Gasteiger partial charge in [-0.2, -0.15) is 0 Å². The summed E-state index contributed by atoms with van der Waals surface area (Å²) < 4.78 is 16.1. The Kier molecular flexibility index (Phi) is 5.57. The van der Waals surface area contributed by atoms with Gasteiger partial charge in [-0.25, -0.2) is 4.63 Å². The minimum Gasteiger partial charge on any atom is -0.490 e. The molecule has 2 rings (SSSR count). The molecule has 0 aliphatic rings. The predicted molar refractivity (Wildman–Crippen MR) is 78.4 cm³/mol. The molecule has 0 aliphatic heterocycles. The second kappa shape index (κ2) is 7.64. The van der Waals surface area contributed by atoms with Crippen LogP contribution in [-0.2, 0) is 13.2 Å². The molecule has 6 nitrogen and oxygen atoms in total. The molecule has 0 radical (unpaired) electrons. The number of aromatic nitrogens is 2. The Hall–Kier alpha value is -2.08. The van der Waals surface area contributed by atoms with Gasteiger partial charge in [0.05, 0.1) is 6.61 Å². The summed E-state index contributed by atoms with van der Waals surface area (Å²) in [5, 5.41) is 10.8. The van der Waals surface area contributed by atoms with Gasteiger partial charge in [-0.05, 0) is 38.1 Å². The first-order chi connectivity index (χ1) is 10.2. The molecule has 0 atom stereocenters. The Bertz CT molecular complexity index is 569. The molecule has 0 saturated carbocycles. The molecule has 0 unspecified atom stereocenters. The molecule has 0 saturated heterocycles. The third-order valence-electron chi connectivity index (χ3n) is 3.00. The van der Waals surface area contributed by atoms with Gasteiger partial charge in [-0.1, -0.05) is 23.3 Å². The summed E-state index contributed by atoms with van der Waals surface area (Å²) in [6.45, 7) is 8.50. The number of rotatable bonds is 8. The zero-order valence-electron chi connectivity index (χ0n) is 12.7. The summed E-state index contributed by atoms with van der Waals surface area (Å²) in [5.74, 6) is 1.43. The Balaban J connectivity index is 2.08. The van der Waals surface area contributed by atoms with Crippen molar-refractivity contribution in [2.45, 2.75) is 33.9 Å². The van der Waals surface area contributed by atoms with Crippen molar-refractivity contribution in [1.29, 1.82) is 0 Å². The van der Waals surface area contributed by atoms with Crippen molar-refractivity contribution in [1.82, 2.24) is 15.6 Å². The summed E-state index contributed by atoms with van der Waals surface area (Å²) in [4.78, 5) is 0. The molecule has 1 N–H and O–H groups in total. The highest BCUT2D eigenvalue weighted by Gasteiger charge is 2.10. The highest BCUT2D eigenvalue weighted by Crippen LogP contribution is 2.29. The molecule has 114 valence electrons. The van der Waals surface area contributed by atoms with Crippen LogP contribution in [0.2, 0.25) is 0 Å². The molecule has 1 heterocycles. The smallest absolute Gasteiger partial charge is 0.161 e. The molecule has 1 aromatic heterocycles. The highest BCUT2D eigenvalue weighted by molar-refractivity contribution is 5.43. The molecular weight excluding hydrogens is 270 g/mol. The van der Waals surface area contributed by atoms with E-state index in [2.05, 4.69) is 27.2 Å². The Labute approximate surface area is 124 Å². The first-order valence-electron chi connectivity index (χ1n) is 7.11. The first kappa shape index (κ1) is 15.3. The second-order valence-corrected chi connectivity index (χ2v) is 4.58. The predicted octanol–water partition coefficient (Wildman–Crippen LogP) is 2.47. The lowest BCUT2D eigenvalue weighted by Gasteiger charge is -2.13. The van der Waals surface area contributed by atoms with E-state index in [0.717, 1.165) is 30.1 Å². The largest absolute Gasteiger partial charge is 0.490 e. The lowest BCUT2D eigenvalue weighted by atomic mass is 10.2. The van der Waals surface area contributed by atoms with Crippen molar-refractivity contribution in [3.05, 3.63) is 35.2 Å². The molecule has 0 amide bonds. The average Bonchev–Trinajstić information content (AvgIpc) is 2.90. The van der Waals surface area contributed by atoms with Crippen LogP contribution < -0.4 is 14.8 Å². The van der Waals surface area contributed by atoms with E-state index in [-0.39, 0.29) is 0 Å². The van der Waals surface area contributed by atoms with E-state index in [1.807, 2.05) is 32.0 Å². The fourth-order valence-electron chi connectivity index (χ4n) is 1.85. The normalized spacial score (nSPS) is 10.6. The zero-order chi connectivity index (χ0) is 15.1. The fraction of sp³-hybridized carbons (Fsp3) is 0.467. The van der Waals surface area contributed by atoms with Crippen LogP contribution in [0, 0.1) is 6.92 Å². The Morgan fingerprint density at radius 2 is 2.00 bits per heavy atom. The number of nitrogens with zero attached hydrogens (tertiary/aromatic N) is 2. The standard InChI is InChI=1S/C15H21N3O3/c1-4-16-9-12-6-7-14(15(8-12)19-5-2)20-10-13-11(3)17-21-18-13/h6-8,16H,4-5,9-10H2,1-3H3. The van der Waals surface area contributed by atoms with Gasteiger partial charge in [0.1, 0.15) is 18.0 Å². The number of benzene rings is 1. The first-order valence-corrected chi connectivity index (χ1v) is 7.11. The Morgan fingerprint density at radius 3 is 2.67 bits per heavy atom. The van der Waals surface area contributed by atoms with Crippen molar-refractivity contribution in [3.8, 4) is 11.5 Å². The van der Waals surface area contributed by atoms with Gasteiger partial charge in [0.25, 0.3) is 0 Å². The summed E-state index contributed by atoms with van der Waals surface area (Å²) in [5.41, 5.74) is 2.58. The van der Waals surface area contributed by atoms with Crippen LogP contribution in [0.1, 0.15) is 30.8 Å². The third kappa shape index (κ3) is 4.19. The van der Waals surface area contributed by atoms with Crippen LogP contribution in [0.15, 0.2) is 22.8 Å².